The summed E-state index contributed by atoms with van der Waals surface area (Å²) in [6, 6.07) is 9.22. The Hall–Kier alpha value is -2.74. The highest BCUT2D eigenvalue weighted by Crippen LogP contribution is 2.23. The van der Waals surface area contributed by atoms with E-state index >= 15 is 0 Å². The molecule has 0 saturated carbocycles. The summed E-state index contributed by atoms with van der Waals surface area (Å²) in [4.78, 5) is 11.8. The first-order valence-corrected chi connectivity index (χ1v) is 7.03. The molecule has 0 aliphatic carbocycles. The van der Waals surface area contributed by atoms with Gasteiger partial charge in [-0.2, -0.15) is 15.0 Å². The lowest BCUT2D eigenvalue weighted by Crippen LogP contribution is -2.00. The number of nitro groups is 1. The molecular formula is C13H11N5O2S. The number of hydrogen-bond donors (Lipinski definition) is 1. The topological polar surface area (TPSA) is 85.9 Å². The molecule has 1 N–H and O–H groups in total. The van der Waals surface area contributed by atoms with E-state index in [0.717, 1.165) is 28.3 Å². The van der Waals surface area contributed by atoms with E-state index in [2.05, 4.69) is 15.5 Å². The number of nitrogens with one attached hydrogen (secondary N) is 1. The third kappa shape index (κ3) is 3.06. The first-order chi connectivity index (χ1) is 10.2. The average molecular weight is 301 g/mol. The Kier molecular flexibility index (Phi) is 3.61. The maximum Gasteiger partial charge on any atom is 0.324 e. The number of aromatic nitrogens is 3. The van der Waals surface area contributed by atoms with Crippen LogP contribution in [0, 0.1) is 10.1 Å². The fourth-order valence-corrected chi connectivity index (χ4v) is 2.55. The molecule has 0 bridgehead atoms. The number of benzene rings is 1. The molecule has 0 aliphatic rings. The lowest BCUT2D eigenvalue weighted by atomic mass is 10.2. The number of anilines is 1. The molecule has 0 fully saturated rings. The molecule has 0 saturated heterocycles. The zero-order valence-corrected chi connectivity index (χ0v) is 11.7. The molecule has 106 valence electrons. The number of nitrogens with zero attached hydrogens (tertiary/aromatic N) is 4. The largest absolute Gasteiger partial charge is 0.381 e. The van der Waals surface area contributed by atoms with E-state index in [9.17, 15) is 10.1 Å². The van der Waals surface area contributed by atoms with Crippen LogP contribution in [0.3, 0.4) is 0 Å². The van der Waals surface area contributed by atoms with Crippen molar-refractivity contribution in [2.45, 2.75) is 6.54 Å². The zero-order valence-electron chi connectivity index (χ0n) is 10.8. The van der Waals surface area contributed by atoms with Crippen LogP contribution in [-0.2, 0) is 6.54 Å². The fraction of sp³-hybridized carbons (Fsp3) is 0.0769. The Bertz CT molecular complexity index is 736. The van der Waals surface area contributed by atoms with Crippen LogP contribution in [0.4, 0.5) is 10.7 Å². The van der Waals surface area contributed by atoms with Crippen LogP contribution in [0.5, 0.6) is 0 Å². The third-order valence-electron chi connectivity index (χ3n) is 2.83. The number of hydrogen-bond acceptors (Lipinski definition) is 6. The highest BCUT2D eigenvalue weighted by molar-refractivity contribution is 7.13. The normalized spacial score (nSPS) is 10.5. The second kappa shape index (κ2) is 5.71. The Morgan fingerprint density at radius 1 is 1.24 bits per heavy atom. The van der Waals surface area contributed by atoms with Gasteiger partial charge in [0.2, 0.25) is 0 Å². The Morgan fingerprint density at radius 3 is 2.57 bits per heavy atom. The van der Waals surface area contributed by atoms with Gasteiger partial charge in [-0.05, 0) is 29.8 Å². The highest BCUT2D eigenvalue weighted by atomic mass is 32.1. The van der Waals surface area contributed by atoms with E-state index in [4.69, 9.17) is 0 Å². The molecule has 3 aromatic rings. The quantitative estimate of drug-likeness (QED) is 0.578. The van der Waals surface area contributed by atoms with Crippen molar-refractivity contribution in [1.29, 1.82) is 0 Å². The SMILES string of the molecule is O=[N+]([O-])c1cc(CNc2ccc(-n3nccn3)cc2)cs1. The summed E-state index contributed by atoms with van der Waals surface area (Å²) in [5.74, 6) is 0. The lowest BCUT2D eigenvalue weighted by Gasteiger charge is -2.06. The zero-order chi connectivity index (χ0) is 14.7. The van der Waals surface area contributed by atoms with Crippen molar-refractivity contribution in [2.24, 2.45) is 0 Å². The highest BCUT2D eigenvalue weighted by Gasteiger charge is 2.09. The van der Waals surface area contributed by atoms with Gasteiger partial charge in [0.1, 0.15) is 0 Å². The van der Waals surface area contributed by atoms with Crippen molar-refractivity contribution in [3.63, 3.8) is 0 Å². The van der Waals surface area contributed by atoms with Crippen LogP contribution in [0.1, 0.15) is 5.56 Å². The van der Waals surface area contributed by atoms with Crippen molar-refractivity contribution >= 4 is 22.0 Å². The molecule has 8 heteroatoms. The molecule has 2 heterocycles. The average Bonchev–Trinajstić information content (AvgIpc) is 3.17. The monoisotopic (exact) mass is 301 g/mol. The van der Waals surface area contributed by atoms with Crippen LogP contribution in [0.25, 0.3) is 5.69 Å². The third-order valence-corrected chi connectivity index (χ3v) is 3.76. The second-order valence-electron chi connectivity index (χ2n) is 4.27. The first-order valence-electron chi connectivity index (χ1n) is 6.15. The Morgan fingerprint density at radius 2 is 1.95 bits per heavy atom. The van der Waals surface area contributed by atoms with Gasteiger partial charge in [0, 0.05) is 23.7 Å². The van der Waals surface area contributed by atoms with Crippen LogP contribution < -0.4 is 5.32 Å². The van der Waals surface area contributed by atoms with Gasteiger partial charge in [0.15, 0.2) is 0 Å². The summed E-state index contributed by atoms with van der Waals surface area (Å²) in [5.41, 5.74) is 2.70. The molecule has 0 radical (unpaired) electrons. The van der Waals surface area contributed by atoms with Gasteiger partial charge in [-0.15, -0.1) is 0 Å². The van der Waals surface area contributed by atoms with Crippen molar-refractivity contribution < 1.29 is 4.92 Å². The van der Waals surface area contributed by atoms with Gasteiger partial charge in [-0.3, -0.25) is 10.1 Å². The van der Waals surface area contributed by atoms with E-state index in [1.807, 2.05) is 24.3 Å². The molecule has 0 aliphatic heterocycles. The summed E-state index contributed by atoms with van der Waals surface area (Å²) in [6.45, 7) is 0.545. The van der Waals surface area contributed by atoms with E-state index in [-0.39, 0.29) is 9.92 Å². The van der Waals surface area contributed by atoms with E-state index in [1.54, 1.807) is 23.8 Å². The minimum atomic E-state index is -0.375. The first kappa shape index (κ1) is 13.3. The molecule has 0 atom stereocenters. The van der Waals surface area contributed by atoms with Gasteiger partial charge >= 0.3 is 5.00 Å². The van der Waals surface area contributed by atoms with Crippen molar-refractivity contribution in [3.8, 4) is 5.69 Å². The molecule has 3 rings (SSSR count). The molecular weight excluding hydrogens is 290 g/mol. The molecule has 0 amide bonds. The van der Waals surface area contributed by atoms with E-state index < -0.39 is 0 Å². The summed E-state index contributed by atoms with van der Waals surface area (Å²) in [6.07, 6.45) is 3.24. The van der Waals surface area contributed by atoms with Crippen LogP contribution >= 0.6 is 11.3 Å². The second-order valence-corrected chi connectivity index (χ2v) is 5.16. The van der Waals surface area contributed by atoms with Crippen LogP contribution in [0.15, 0.2) is 48.1 Å². The standard InChI is InChI=1S/C13H11N5O2S/c19-18(20)13-7-10(9-21-13)8-14-11-1-3-12(4-2-11)17-15-5-6-16-17/h1-7,9,14H,8H2. The molecule has 2 aromatic heterocycles. The van der Waals surface area contributed by atoms with Gasteiger partial charge in [0.25, 0.3) is 0 Å². The van der Waals surface area contributed by atoms with E-state index in [0.29, 0.717) is 6.54 Å². The Balaban J connectivity index is 1.64. The predicted octanol–water partition coefficient (Wildman–Crippen LogP) is 2.85. The van der Waals surface area contributed by atoms with Crippen molar-refractivity contribution in [1.82, 2.24) is 15.0 Å². The van der Waals surface area contributed by atoms with Gasteiger partial charge in [0.05, 0.1) is 23.0 Å². The number of rotatable bonds is 5. The predicted molar refractivity (Wildman–Crippen MR) is 79.7 cm³/mol. The van der Waals surface area contributed by atoms with Gasteiger partial charge < -0.3 is 5.32 Å². The Labute approximate surface area is 124 Å². The smallest absolute Gasteiger partial charge is 0.324 e. The van der Waals surface area contributed by atoms with Crippen molar-refractivity contribution in [3.05, 3.63) is 63.8 Å². The summed E-state index contributed by atoms with van der Waals surface area (Å²) < 4.78 is 0. The minimum absolute atomic E-state index is 0.159. The molecule has 7 nitrogen and oxygen atoms in total. The maximum absolute atomic E-state index is 10.6. The maximum atomic E-state index is 10.6. The number of thiophene rings is 1. The fourth-order valence-electron chi connectivity index (χ4n) is 1.82. The van der Waals surface area contributed by atoms with Gasteiger partial charge in [-0.1, -0.05) is 11.3 Å². The molecule has 0 spiro atoms. The minimum Gasteiger partial charge on any atom is -0.381 e. The van der Waals surface area contributed by atoms with Gasteiger partial charge in [-0.25, -0.2) is 0 Å². The molecule has 21 heavy (non-hydrogen) atoms. The van der Waals surface area contributed by atoms with Crippen LogP contribution in [0.2, 0.25) is 0 Å². The summed E-state index contributed by atoms with van der Waals surface area (Å²) >= 11 is 1.13. The van der Waals surface area contributed by atoms with E-state index in [1.165, 1.54) is 4.80 Å². The lowest BCUT2D eigenvalue weighted by molar-refractivity contribution is -0.380. The summed E-state index contributed by atoms with van der Waals surface area (Å²) in [5, 5.41) is 23.9. The summed E-state index contributed by atoms with van der Waals surface area (Å²) in [7, 11) is 0. The van der Waals surface area contributed by atoms with Crippen LogP contribution in [-0.4, -0.2) is 19.9 Å². The molecule has 0 unspecified atom stereocenters. The van der Waals surface area contributed by atoms with Crippen molar-refractivity contribution in [2.75, 3.05) is 5.32 Å². The molecule has 1 aromatic carbocycles.